The predicted molar refractivity (Wildman–Crippen MR) is 66.8 cm³/mol. The number of thioether (sulfide) groups is 1. The molecule has 6 heteroatoms. The van der Waals surface area contributed by atoms with Gasteiger partial charge in [-0.3, -0.25) is 4.79 Å². The number of hydrogen-bond acceptors (Lipinski definition) is 4. The van der Waals surface area contributed by atoms with E-state index in [0.29, 0.717) is 4.90 Å². The third-order valence-electron chi connectivity index (χ3n) is 2.74. The summed E-state index contributed by atoms with van der Waals surface area (Å²) in [6.45, 7) is 0. The van der Waals surface area contributed by atoms with Gasteiger partial charge >= 0.3 is 0 Å². The lowest BCUT2D eigenvalue weighted by atomic mass is 9.98. The molecule has 0 aromatic heterocycles. The van der Waals surface area contributed by atoms with Crippen molar-refractivity contribution in [3.05, 3.63) is 23.8 Å². The Kier molecular flexibility index (Phi) is 3.18. The van der Waals surface area contributed by atoms with Gasteiger partial charge in [-0.25, -0.2) is 8.42 Å². The van der Waals surface area contributed by atoms with Crippen LogP contribution in [-0.2, 0) is 14.6 Å². The smallest absolute Gasteiger partial charge is 0.218 e. The number of primary amides is 1. The Balaban J connectivity index is 2.40. The molecule has 2 N–H and O–H groups in total. The van der Waals surface area contributed by atoms with Gasteiger partial charge in [0.05, 0.1) is 4.90 Å². The summed E-state index contributed by atoms with van der Waals surface area (Å²) >= 11 is 1.63. The fraction of sp³-hybridized carbons (Fsp3) is 0.364. The van der Waals surface area contributed by atoms with Crippen LogP contribution < -0.4 is 5.73 Å². The third kappa shape index (κ3) is 2.63. The van der Waals surface area contributed by atoms with Crippen LogP contribution in [0.15, 0.2) is 28.0 Å². The standard InChI is InChI=1S/C11H13NO3S2/c1-17(14,15)8-2-3-10-9(5-8)7(6-16-10)4-11(12)13/h2-3,5,7H,4,6H2,1H3,(H2,12,13). The number of carbonyl (C=O) groups excluding carboxylic acids is 1. The van der Waals surface area contributed by atoms with E-state index in [-0.39, 0.29) is 18.2 Å². The number of fused-ring (bicyclic) bond motifs is 1. The summed E-state index contributed by atoms with van der Waals surface area (Å²) in [6.07, 6.45) is 1.45. The minimum Gasteiger partial charge on any atom is -0.370 e. The van der Waals surface area contributed by atoms with E-state index in [1.54, 1.807) is 30.0 Å². The summed E-state index contributed by atoms with van der Waals surface area (Å²) in [5.41, 5.74) is 6.11. The van der Waals surface area contributed by atoms with Gasteiger partial charge in [-0.15, -0.1) is 11.8 Å². The van der Waals surface area contributed by atoms with Crippen molar-refractivity contribution >= 4 is 27.5 Å². The zero-order valence-corrected chi connectivity index (χ0v) is 11.0. The van der Waals surface area contributed by atoms with Crippen LogP contribution in [0.25, 0.3) is 0 Å². The zero-order valence-electron chi connectivity index (χ0n) is 9.34. The van der Waals surface area contributed by atoms with Gasteiger partial charge in [0.2, 0.25) is 5.91 Å². The molecule has 1 amide bonds. The highest BCUT2D eigenvalue weighted by molar-refractivity contribution is 7.99. The van der Waals surface area contributed by atoms with Gasteiger partial charge in [-0.1, -0.05) is 0 Å². The summed E-state index contributed by atoms with van der Waals surface area (Å²) in [5, 5.41) is 0. The first kappa shape index (κ1) is 12.4. The summed E-state index contributed by atoms with van der Waals surface area (Å²) in [5.74, 6) is 0.466. The molecule has 1 unspecified atom stereocenters. The molecular weight excluding hydrogens is 258 g/mol. The number of hydrogen-bond donors (Lipinski definition) is 1. The largest absolute Gasteiger partial charge is 0.370 e. The first-order valence-electron chi connectivity index (χ1n) is 5.13. The van der Waals surface area contributed by atoms with Crippen LogP contribution in [-0.4, -0.2) is 26.3 Å². The van der Waals surface area contributed by atoms with Crippen molar-refractivity contribution in [2.45, 2.75) is 22.1 Å². The average Bonchev–Trinajstić information content (AvgIpc) is 2.59. The van der Waals surface area contributed by atoms with Gasteiger partial charge in [-0.2, -0.15) is 0 Å². The normalized spacial score (nSPS) is 19.0. The van der Waals surface area contributed by atoms with E-state index in [2.05, 4.69) is 0 Å². The van der Waals surface area contributed by atoms with Gasteiger partial charge in [0, 0.05) is 29.2 Å². The van der Waals surface area contributed by atoms with Crippen LogP contribution in [0.2, 0.25) is 0 Å². The minimum atomic E-state index is -3.20. The predicted octanol–water partition coefficient (Wildman–Crippen LogP) is 1.15. The Morgan fingerprint density at radius 3 is 2.82 bits per heavy atom. The molecule has 0 saturated heterocycles. The highest BCUT2D eigenvalue weighted by Crippen LogP contribution is 2.41. The third-order valence-corrected chi connectivity index (χ3v) is 5.10. The highest BCUT2D eigenvalue weighted by atomic mass is 32.2. The van der Waals surface area contributed by atoms with E-state index >= 15 is 0 Å². The molecule has 0 radical (unpaired) electrons. The first-order chi connectivity index (χ1) is 7.88. The average molecular weight is 271 g/mol. The van der Waals surface area contributed by atoms with Crippen molar-refractivity contribution in [1.82, 2.24) is 0 Å². The molecule has 1 atom stereocenters. The molecule has 2 rings (SSSR count). The lowest BCUT2D eigenvalue weighted by Gasteiger charge is -2.09. The lowest BCUT2D eigenvalue weighted by molar-refractivity contribution is -0.118. The molecule has 4 nitrogen and oxygen atoms in total. The van der Waals surface area contributed by atoms with Crippen molar-refractivity contribution in [1.29, 1.82) is 0 Å². The van der Waals surface area contributed by atoms with Crippen LogP contribution in [0.5, 0.6) is 0 Å². The molecule has 0 saturated carbocycles. The molecule has 0 fully saturated rings. The number of carbonyl (C=O) groups is 1. The molecular formula is C11H13NO3S2. The minimum absolute atomic E-state index is 0.0363. The number of benzene rings is 1. The molecule has 0 spiro atoms. The van der Waals surface area contributed by atoms with E-state index in [1.807, 2.05) is 0 Å². The topological polar surface area (TPSA) is 77.2 Å². The molecule has 0 aliphatic carbocycles. The Bertz CT molecular complexity index is 566. The number of amides is 1. The van der Waals surface area contributed by atoms with Crippen molar-refractivity contribution in [3.63, 3.8) is 0 Å². The lowest BCUT2D eigenvalue weighted by Crippen LogP contribution is -2.15. The van der Waals surface area contributed by atoms with Crippen LogP contribution in [0.4, 0.5) is 0 Å². The Morgan fingerprint density at radius 2 is 2.24 bits per heavy atom. The van der Waals surface area contributed by atoms with E-state index in [4.69, 9.17) is 5.73 Å². The van der Waals surface area contributed by atoms with Crippen molar-refractivity contribution in [2.24, 2.45) is 5.73 Å². The van der Waals surface area contributed by atoms with Gasteiger partial charge < -0.3 is 5.73 Å². The highest BCUT2D eigenvalue weighted by Gasteiger charge is 2.26. The van der Waals surface area contributed by atoms with E-state index in [0.717, 1.165) is 16.2 Å². The van der Waals surface area contributed by atoms with Crippen LogP contribution in [0.1, 0.15) is 17.9 Å². The molecule has 17 heavy (non-hydrogen) atoms. The summed E-state index contributed by atoms with van der Waals surface area (Å²) in [6, 6.07) is 5.07. The maximum Gasteiger partial charge on any atom is 0.218 e. The SMILES string of the molecule is CS(=O)(=O)c1ccc2c(c1)C(CC(N)=O)CS2. The van der Waals surface area contributed by atoms with Crippen LogP contribution in [0, 0.1) is 0 Å². The second kappa shape index (κ2) is 4.34. The second-order valence-corrected chi connectivity index (χ2v) is 7.23. The Hall–Kier alpha value is -1.01. The monoisotopic (exact) mass is 271 g/mol. The Labute approximate surface area is 105 Å². The molecule has 1 aliphatic rings. The maximum atomic E-state index is 11.5. The van der Waals surface area contributed by atoms with Crippen LogP contribution in [0.3, 0.4) is 0 Å². The summed E-state index contributed by atoms with van der Waals surface area (Å²) < 4.78 is 22.9. The molecule has 92 valence electrons. The fourth-order valence-electron chi connectivity index (χ4n) is 1.90. The van der Waals surface area contributed by atoms with Crippen molar-refractivity contribution in [2.75, 3.05) is 12.0 Å². The summed E-state index contributed by atoms with van der Waals surface area (Å²) in [7, 11) is -3.20. The Morgan fingerprint density at radius 1 is 1.53 bits per heavy atom. The van der Waals surface area contributed by atoms with E-state index in [1.165, 1.54) is 6.26 Å². The van der Waals surface area contributed by atoms with Crippen LogP contribution >= 0.6 is 11.8 Å². The molecule has 1 aromatic rings. The molecule has 1 heterocycles. The van der Waals surface area contributed by atoms with Gasteiger partial charge in [0.15, 0.2) is 9.84 Å². The van der Waals surface area contributed by atoms with Crippen molar-refractivity contribution in [3.8, 4) is 0 Å². The van der Waals surface area contributed by atoms with Crippen molar-refractivity contribution < 1.29 is 13.2 Å². The van der Waals surface area contributed by atoms with E-state index < -0.39 is 9.84 Å². The van der Waals surface area contributed by atoms with Gasteiger partial charge in [0.1, 0.15) is 0 Å². The number of nitrogens with two attached hydrogens (primary N) is 1. The number of rotatable bonds is 3. The second-order valence-electron chi connectivity index (χ2n) is 4.15. The fourth-order valence-corrected chi connectivity index (χ4v) is 3.79. The van der Waals surface area contributed by atoms with Gasteiger partial charge in [0.25, 0.3) is 0 Å². The number of sulfone groups is 1. The molecule has 0 bridgehead atoms. The maximum absolute atomic E-state index is 11.5. The van der Waals surface area contributed by atoms with E-state index in [9.17, 15) is 13.2 Å². The molecule has 1 aliphatic heterocycles. The van der Waals surface area contributed by atoms with Gasteiger partial charge in [-0.05, 0) is 23.8 Å². The first-order valence-corrected chi connectivity index (χ1v) is 8.01. The summed E-state index contributed by atoms with van der Waals surface area (Å²) in [4.78, 5) is 12.3. The zero-order chi connectivity index (χ0) is 12.6. The molecule has 1 aromatic carbocycles. The quantitative estimate of drug-likeness (QED) is 0.894.